The molecule has 2 heterocycles. The van der Waals surface area contributed by atoms with E-state index in [1.807, 2.05) is 24.4 Å². The van der Waals surface area contributed by atoms with Crippen LogP contribution in [0.4, 0.5) is 5.82 Å². The van der Waals surface area contributed by atoms with Gasteiger partial charge in [-0.05, 0) is 37.6 Å². The highest BCUT2D eigenvalue weighted by Gasteiger charge is 2.21. The van der Waals surface area contributed by atoms with Gasteiger partial charge in [-0.3, -0.25) is 0 Å². The Kier molecular flexibility index (Phi) is 3.98. The number of aryl methyl sites for hydroxylation is 2. The zero-order valence-corrected chi connectivity index (χ0v) is 14.5. The standard InChI is InChI=1S/C22H21N3/c1-15-10-12-17(13-11-15)22(25-20-9-5-6-14-23-20)21-16(2)24-19-8-4-3-7-18(19)21/h3-14,22,24H,1-2H3,(H,23,25)/t22-/m0/s1. The lowest BCUT2D eigenvalue weighted by molar-refractivity contribution is 0.921. The van der Waals surface area contributed by atoms with Gasteiger partial charge in [-0.1, -0.05) is 54.1 Å². The van der Waals surface area contributed by atoms with Crippen molar-refractivity contribution < 1.29 is 0 Å². The molecule has 0 aliphatic heterocycles. The average molecular weight is 327 g/mol. The lowest BCUT2D eigenvalue weighted by Gasteiger charge is -2.21. The summed E-state index contributed by atoms with van der Waals surface area (Å²) in [6, 6.07) is 23.1. The molecular formula is C22H21N3. The minimum atomic E-state index is 0.0339. The lowest BCUT2D eigenvalue weighted by atomic mass is 9.95. The Morgan fingerprint density at radius 2 is 1.64 bits per heavy atom. The number of benzene rings is 2. The summed E-state index contributed by atoms with van der Waals surface area (Å²) in [6.45, 7) is 4.25. The monoisotopic (exact) mass is 327 g/mol. The number of aromatic amines is 1. The quantitative estimate of drug-likeness (QED) is 0.528. The predicted molar refractivity (Wildman–Crippen MR) is 104 cm³/mol. The van der Waals surface area contributed by atoms with Crippen molar-refractivity contribution in [1.82, 2.24) is 9.97 Å². The molecule has 2 aromatic heterocycles. The van der Waals surface area contributed by atoms with Gasteiger partial charge in [-0.25, -0.2) is 4.98 Å². The van der Waals surface area contributed by atoms with E-state index in [1.54, 1.807) is 0 Å². The Labute approximate surface area is 147 Å². The van der Waals surface area contributed by atoms with Gasteiger partial charge in [-0.15, -0.1) is 0 Å². The fraction of sp³-hybridized carbons (Fsp3) is 0.136. The number of H-pyrrole nitrogens is 1. The first-order chi connectivity index (χ1) is 12.2. The molecule has 0 unspecified atom stereocenters. The molecule has 3 nitrogen and oxygen atoms in total. The number of hydrogen-bond donors (Lipinski definition) is 2. The zero-order chi connectivity index (χ0) is 17.2. The number of pyridine rings is 1. The van der Waals surface area contributed by atoms with Gasteiger partial charge in [-0.2, -0.15) is 0 Å². The largest absolute Gasteiger partial charge is 0.359 e. The third kappa shape index (κ3) is 3.01. The van der Waals surface area contributed by atoms with Gasteiger partial charge in [0, 0.05) is 28.4 Å². The van der Waals surface area contributed by atoms with E-state index in [0.717, 1.165) is 11.3 Å². The van der Waals surface area contributed by atoms with Gasteiger partial charge in [0.2, 0.25) is 0 Å². The molecule has 0 bridgehead atoms. The highest BCUT2D eigenvalue weighted by Crippen LogP contribution is 2.34. The van der Waals surface area contributed by atoms with Crippen LogP contribution in [0.5, 0.6) is 0 Å². The summed E-state index contributed by atoms with van der Waals surface area (Å²) < 4.78 is 0. The Morgan fingerprint density at radius 3 is 2.40 bits per heavy atom. The maximum Gasteiger partial charge on any atom is 0.126 e. The number of rotatable bonds is 4. The van der Waals surface area contributed by atoms with Crippen molar-refractivity contribution in [2.75, 3.05) is 5.32 Å². The van der Waals surface area contributed by atoms with Crippen molar-refractivity contribution in [1.29, 1.82) is 0 Å². The molecule has 0 saturated heterocycles. The van der Waals surface area contributed by atoms with E-state index in [4.69, 9.17) is 0 Å². The highest BCUT2D eigenvalue weighted by atomic mass is 15.0. The Balaban J connectivity index is 1.87. The second kappa shape index (κ2) is 6.44. The van der Waals surface area contributed by atoms with E-state index in [9.17, 15) is 0 Å². The average Bonchev–Trinajstić information content (AvgIpc) is 2.97. The van der Waals surface area contributed by atoms with Crippen LogP contribution in [-0.2, 0) is 0 Å². The number of anilines is 1. The van der Waals surface area contributed by atoms with Crippen molar-refractivity contribution in [3.05, 3.63) is 95.3 Å². The van der Waals surface area contributed by atoms with Crippen LogP contribution in [0.1, 0.15) is 28.4 Å². The summed E-state index contributed by atoms with van der Waals surface area (Å²) >= 11 is 0. The summed E-state index contributed by atoms with van der Waals surface area (Å²) in [5.41, 5.74) is 6.09. The van der Waals surface area contributed by atoms with Crippen LogP contribution < -0.4 is 5.32 Å². The number of hydrogen-bond acceptors (Lipinski definition) is 2. The molecule has 124 valence electrons. The van der Waals surface area contributed by atoms with Crippen LogP contribution in [0.15, 0.2) is 72.9 Å². The lowest BCUT2D eigenvalue weighted by Crippen LogP contribution is -2.14. The van der Waals surface area contributed by atoms with E-state index in [2.05, 4.69) is 77.7 Å². The number of para-hydroxylation sites is 1. The van der Waals surface area contributed by atoms with Crippen LogP contribution in [-0.4, -0.2) is 9.97 Å². The fourth-order valence-electron chi connectivity index (χ4n) is 3.35. The topological polar surface area (TPSA) is 40.7 Å². The van der Waals surface area contributed by atoms with Crippen molar-refractivity contribution in [2.45, 2.75) is 19.9 Å². The van der Waals surface area contributed by atoms with Crippen LogP contribution in [0, 0.1) is 13.8 Å². The van der Waals surface area contributed by atoms with Gasteiger partial charge in [0.25, 0.3) is 0 Å². The molecule has 4 rings (SSSR count). The van der Waals surface area contributed by atoms with E-state index >= 15 is 0 Å². The molecule has 25 heavy (non-hydrogen) atoms. The molecule has 0 fully saturated rings. The summed E-state index contributed by atoms with van der Waals surface area (Å²) in [5, 5.41) is 4.86. The van der Waals surface area contributed by atoms with Crippen molar-refractivity contribution in [3.8, 4) is 0 Å². The SMILES string of the molecule is Cc1ccc([C@H](Nc2ccccn2)c2c(C)[nH]c3ccccc23)cc1. The summed E-state index contributed by atoms with van der Waals surface area (Å²) in [4.78, 5) is 7.97. The van der Waals surface area contributed by atoms with E-state index < -0.39 is 0 Å². The van der Waals surface area contributed by atoms with Crippen molar-refractivity contribution >= 4 is 16.7 Å². The van der Waals surface area contributed by atoms with Gasteiger partial charge in [0.15, 0.2) is 0 Å². The molecule has 2 aromatic carbocycles. The summed E-state index contributed by atoms with van der Waals surface area (Å²) in [7, 11) is 0. The summed E-state index contributed by atoms with van der Waals surface area (Å²) in [6.07, 6.45) is 1.82. The first kappa shape index (κ1) is 15.5. The normalized spacial score (nSPS) is 12.2. The van der Waals surface area contributed by atoms with Gasteiger partial charge >= 0.3 is 0 Å². The molecule has 0 radical (unpaired) electrons. The number of aromatic nitrogens is 2. The Hall–Kier alpha value is -3.07. The first-order valence-electron chi connectivity index (χ1n) is 8.54. The Bertz CT molecular complexity index is 985. The first-order valence-corrected chi connectivity index (χ1v) is 8.54. The third-order valence-corrected chi connectivity index (χ3v) is 4.60. The molecule has 2 N–H and O–H groups in total. The van der Waals surface area contributed by atoms with Crippen LogP contribution in [0.25, 0.3) is 10.9 Å². The molecule has 0 spiro atoms. The third-order valence-electron chi connectivity index (χ3n) is 4.60. The summed E-state index contributed by atoms with van der Waals surface area (Å²) in [5.74, 6) is 0.873. The number of fused-ring (bicyclic) bond motifs is 1. The molecule has 0 aliphatic carbocycles. The van der Waals surface area contributed by atoms with Gasteiger partial charge in [0.05, 0.1) is 6.04 Å². The molecule has 4 aromatic rings. The van der Waals surface area contributed by atoms with Crippen LogP contribution in [0.2, 0.25) is 0 Å². The van der Waals surface area contributed by atoms with E-state index in [0.29, 0.717) is 0 Å². The van der Waals surface area contributed by atoms with E-state index in [1.165, 1.54) is 27.8 Å². The molecule has 0 amide bonds. The fourth-order valence-corrected chi connectivity index (χ4v) is 3.35. The van der Waals surface area contributed by atoms with E-state index in [-0.39, 0.29) is 6.04 Å². The van der Waals surface area contributed by atoms with Gasteiger partial charge < -0.3 is 10.3 Å². The maximum absolute atomic E-state index is 4.46. The minimum absolute atomic E-state index is 0.0339. The molecule has 0 aliphatic rings. The Morgan fingerprint density at radius 1 is 0.880 bits per heavy atom. The van der Waals surface area contributed by atoms with Crippen molar-refractivity contribution in [2.24, 2.45) is 0 Å². The zero-order valence-electron chi connectivity index (χ0n) is 14.5. The number of nitrogens with one attached hydrogen (secondary N) is 2. The van der Waals surface area contributed by atoms with Crippen molar-refractivity contribution in [3.63, 3.8) is 0 Å². The smallest absolute Gasteiger partial charge is 0.126 e. The second-order valence-electron chi connectivity index (χ2n) is 6.41. The number of nitrogens with zero attached hydrogens (tertiary/aromatic N) is 1. The predicted octanol–water partition coefficient (Wildman–Crippen LogP) is 5.38. The molecular weight excluding hydrogens is 306 g/mol. The van der Waals surface area contributed by atoms with Gasteiger partial charge in [0.1, 0.15) is 5.82 Å². The minimum Gasteiger partial charge on any atom is -0.359 e. The second-order valence-corrected chi connectivity index (χ2v) is 6.41. The molecule has 3 heteroatoms. The van der Waals surface area contributed by atoms with Crippen LogP contribution >= 0.6 is 0 Å². The highest BCUT2D eigenvalue weighted by molar-refractivity contribution is 5.86. The maximum atomic E-state index is 4.46. The van der Waals surface area contributed by atoms with Crippen LogP contribution in [0.3, 0.4) is 0 Å². The molecule has 1 atom stereocenters. The molecule has 0 saturated carbocycles.